The van der Waals surface area contributed by atoms with E-state index in [4.69, 9.17) is 4.74 Å². The van der Waals surface area contributed by atoms with Crippen molar-refractivity contribution in [3.05, 3.63) is 101 Å². The predicted octanol–water partition coefficient (Wildman–Crippen LogP) is 5.84. The number of amides is 1. The zero-order valence-corrected chi connectivity index (χ0v) is 16.8. The summed E-state index contributed by atoms with van der Waals surface area (Å²) in [7, 11) is 0. The van der Waals surface area contributed by atoms with Crippen molar-refractivity contribution in [1.29, 1.82) is 0 Å². The van der Waals surface area contributed by atoms with Crippen LogP contribution in [-0.2, 0) is 6.54 Å². The molecule has 4 nitrogen and oxygen atoms in total. The van der Waals surface area contributed by atoms with Crippen LogP contribution < -0.4 is 10.1 Å². The van der Waals surface area contributed by atoms with Crippen molar-refractivity contribution in [3.8, 4) is 22.1 Å². The van der Waals surface area contributed by atoms with E-state index in [0.717, 1.165) is 22.4 Å². The van der Waals surface area contributed by atoms with E-state index in [-0.39, 0.29) is 5.91 Å². The molecule has 0 aliphatic rings. The van der Waals surface area contributed by atoms with Gasteiger partial charge < -0.3 is 10.1 Å². The number of aryl methyl sites for hydroxylation is 1. The van der Waals surface area contributed by atoms with Gasteiger partial charge >= 0.3 is 0 Å². The molecule has 1 amide bonds. The van der Waals surface area contributed by atoms with Crippen LogP contribution in [0.2, 0.25) is 0 Å². The molecule has 1 aromatic heterocycles. The minimum atomic E-state index is -0.0939. The van der Waals surface area contributed by atoms with Gasteiger partial charge in [-0.2, -0.15) is 0 Å². The van der Waals surface area contributed by atoms with E-state index in [9.17, 15) is 4.79 Å². The number of nitrogens with zero attached hydrogens (tertiary/aromatic N) is 1. The Labute approximate surface area is 173 Å². The van der Waals surface area contributed by atoms with Gasteiger partial charge in [-0.3, -0.25) is 4.79 Å². The van der Waals surface area contributed by atoms with Crippen LogP contribution in [0.5, 0.6) is 10.9 Å². The first-order valence-electron chi connectivity index (χ1n) is 9.29. The Kier molecular flexibility index (Phi) is 5.68. The Morgan fingerprint density at radius 2 is 1.59 bits per heavy atom. The molecule has 0 spiro atoms. The summed E-state index contributed by atoms with van der Waals surface area (Å²) in [5.74, 6) is 0.630. The fourth-order valence-electron chi connectivity index (χ4n) is 2.88. The quantitative estimate of drug-likeness (QED) is 0.442. The highest BCUT2D eigenvalue weighted by Gasteiger charge is 2.07. The summed E-state index contributed by atoms with van der Waals surface area (Å²) in [6.45, 7) is 2.52. The maximum absolute atomic E-state index is 12.4. The second-order valence-corrected chi connectivity index (χ2v) is 7.53. The van der Waals surface area contributed by atoms with Crippen LogP contribution in [0.3, 0.4) is 0 Å². The second kappa shape index (κ2) is 8.71. The van der Waals surface area contributed by atoms with Crippen LogP contribution in [0.25, 0.3) is 11.1 Å². The molecule has 1 heterocycles. The van der Waals surface area contributed by atoms with Gasteiger partial charge in [0, 0.05) is 23.7 Å². The number of benzene rings is 3. The summed E-state index contributed by atoms with van der Waals surface area (Å²) in [6.07, 6.45) is 1.71. The first-order valence-corrected chi connectivity index (χ1v) is 10.2. The number of thiazole rings is 1. The highest BCUT2D eigenvalue weighted by molar-refractivity contribution is 7.11. The van der Waals surface area contributed by atoms with Crippen molar-refractivity contribution in [2.24, 2.45) is 0 Å². The zero-order valence-electron chi connectivity index (χ0n) is 16.0. The molecule has 29 heavy (non-hydrogen) atoms. The van der Waals surface area contributed by atoms with Gasteiger partial charge in [0.2, 0.25) is 0 Å². The minimum absolute atomic E-state index is 0.0939. The van der Waals surface area contributed by atoms with Gasteiger partial charge in [0.25, 0.3) is 11.1 Å². The molecule has 0 saturated carbocycles. The lowest BCUT2D eigenvalue weighted by atomic mass is 10.0. The molecule has 0 saturated heterocycles. The normalized spacial score (nSPS) is 10.5. The van der Waals surface area contributed by atoms with Crippen molar-refractivity contribution in [2.45, 2.75) is 13.5 Å². The van der Waals surface area contributed by atoms with Gasteiger partial charge in [-0.1, -0.05) is 65.4 Å². The van der Waals surface area contributed by atoms with Gasteiger partial charge in [-0.15, -0.1) is 0 Å². The number of nitrogens with one attached hydrogen (secondary N) is 1. The molecular formula is C24H20N2O2S. The van der Waals surface area contributed by atoms with Crippen LogP contribution in [0, 0.1) is 6.92 Å². The molecule has 0 radical (unpaired) electrons. The molecule has 5 heteroatoms. The number of aromatic nitrogens is 1. The first kappa shape index (κ1) is 18.9. The molecule has 144 valence electrons. The fraction of sp³-hybridized carbons (Fsp3) is 0.0833. The highest BCUT2D eigenvalue weighted by atomic mass is 32.1. The smallest absolute Gasteiger partial charge is 0.278 e. The van der Waals surface area contributed by atoms with Gasteiger partial charge in [0.15, 0.2) is 0 Å². The third kappa shape index (κ3) is 4.89. The third-order valence-corrected chi connectivity index (χ3v) is 5.17. The largest absolute Gasteiger partial charge is 0.431 e. The maximum atomic E-state index is 12.4. The van der Waals surface area contributed by atoms with E-state index in [1.165, 1.54) is 16.9 Å². The van der Waals surface area contributed by atoms with Crippen LogP contribution in [0.15, 0.2) is 84.4 Å². The number of rotatable bonds is 6. The van der Waals surface area contributed by atoms with Crippen molar-refractivity contribution in [2.75, 3.05) is 0 Å². The summed E-state index contributed by atoms with van der Waals surface area (Å²) < 4.78 is 5.64. The lowest BCUT2D eigenvalue weighted by molar-refractivity contribution is 0.0951. The Bertz CT molecular complexity index is 1070. The predicted molar refractivity (Wildman–Crippen MR) is 116 cm³/mol. The number of carbonyl (C=O) groups excluding carboxylic acids is 1. The van der Waals surface area contributed by atoms with E-state index in [1.807, 2.05) is 53.9 Å². The van der Waals surface area contributed by atoms with Gasteiger partial charge in [-0.25, -0.2) is 4.98 Å². The SMILES string of the molecule is Cc1ccc(-c2ccc(C(=O)NCc3ccc(Oc4nccs4)cc3)cc2)cc1. The Balaban J connectivity index is 1.34. The van der Waals surface area contributed by atoms with Crippen molar-refractivity contribution in [1.82, 2.24) is 10.3 Å². The van der Waals surface area contributed by atoms with Gasteiger partial charge in [0.1, 0.15) is 5.75 Å². The van der Waals surface area contributed by atoms with Crippen LogP contribution >= 0.6 is 11.3 Å². The number of hydrogen-bond acceptors (Lipinski definition) is 4. The summed E-state index contributed by atoms with van der Waals surface area (Å²) in [5, 5.41) is 5.44. The lowest BCUT2D eigenvalue weighted by Gasteiger charge is -2.08. The van der Waals surface area contributed by atoms with Gasteiger partial charge in [-0.05, 0) is 47.9 Å². The molecule has 0 unspecified atom stereocenters. The molecule has 4 aromatic rings. The van der Waals surface area contributed by atoms with Crippen LogP contribution in [0.4, 0.5) is 0 Å². The van der Waals surface area contributed by atoms with Gasteiger partial charge in [0.05, 0.1) is 0 Å². The molecule has 1 N–H and O–H groups in total. The van der Waals surface area contributed by atoms with Crippen molar-refractivity contribution in [3.63, 3.8) is 0 Å². The maximum Gasteiger partial charge on any atom is 0.278 e. The summed E-state index contributed by atoms with van der Waals surface area (Å²) >= 11 is 1.44. The lowest BCUT2D eigenvalue weighted by Crippen LogP contribution is -2.22. The van der Waals surface area contributed by atoms with Crippen LogP contribution in [0.1, 0.15) is 21.5 Å². The second-order valence-electron chi connectivity index (χ2n) is 6.67. The molecule has 0 atom stereocenters. The summed E-state index contributed by atoms with van der Waals surface area (Å²) in [6, 6.07) is 23.6. The summed E-state index contributed by atoms with van der Waals surface area (Å²) in [4.78, 5) is 16.5. The average molecular weight is 401 g/mol. The molecule has 0 fully saturated rings. The standard InChI is InChI=1S/C24H20N2O2S/c1-17-2-6-19(7-3-17)20-8-10-21(11-9-20)23(27)26-16-18-4-12-22(13-5-18)28-24-25-14-15-29-24/h2-15H,16H2,1H3,(H,26,27). The number of hydrogen-bond donors (Lipinski definition) is 1. The van der Waals surface area contributed by atoms with E-state index in [1.54, 1.807) is 6.20 Å². The first-order chi connectivity index (χ1) is 14.2. The van der Waals surface area contributed by atoms with Crippen molar-refractivity contribution < 1.29 is 9.53 Å². The fourth-order valence-corrected chi connectivity index (χ4v) is 3.39. The van der Waals surface area contributed by atoms with E-state index in [0.29, 0.717) is 17.3 Å². The molecule has 0 aliphatic carbocycles. The zero-order chi connectivity index (χ0) is 20.1. The highest BCUT2D eigenvalue weighted by Crippen LogP contribution is 2.23. The molecule has 4 rings (SSSR count). The van der Waals surface area contributed by atoms with E-state index in [2.05, 4.69) is 41.5 Å². The Morgan fingerprint density at radius 3 is 2.21 bits per heavy atom. The number of carbonyl (C=O) groups is 1. The Morgan fingerprint density at radius 1 is 0.931 bits per heavy atom. The Hall–Kier alpha value is -3.44. The molecule has 0 aliphatic heterocycles. The van der Waals surface area contributed by atoms with E-state index < -0.39 is 0 Å². The minimum Gasteiger partial charge on any atom is -0.431 e. The molecule has 3 aromatic carbocycles. The number of ether oxygens (including phenoxy) is 1. The van der Waals surface area contributed by atoms with Crippen molar-refractivity contribution >= 4 is 17.2 Å². The molecule has 0 bridgehead atoms. The van der Waals surface area contributed by atoms with Crippen LogP contribution in [-0.4, -0.2) is 10.9 Å². The monoisotopic (exact) mass is 400 g/mol. The summed E-state index contributed by atoms with van der Waals surface area (Å²) in [5.41, 5.74) is 5.11. The van der Waals surface area contributed by atoms with E-state index >= 15 is 0 Å². The average Bonchev–Trinajstić information content (AvgIpc) is 3.27. The third-order valence-electron chi connectivity index (χ3n) is 4.52. The molecular weight excluding hydrogens is 380 g/mol. The topological polar surface area (TPSA) is 51.2 Å².